The largest absolute Gasteiger partial charge is 0.0590 e. The summed E-state index contributed by atoms with van der Waals surface area (Å²) in [5, 5.41) is 0. The smallest absolute Gasteiger partial charge is 0.0121 e. The molecular formula is C10H13. The van der Waals surface area contributed by atoms with Gasteiger partial charge < -0.3 is 0 Å². The average Bonchev–Trinajstić information content (AvgIpc) is 1.94. The van der Waals surface area contributed by atoms with Gasteiger partial charge in [0.15, 0.2) is 0 Å². The van der Waals surface area contributed by atoms with Crippen molar-refractivity contribution in [1.82, 2.24) is 0 Å². The lowest BCUT2D eigenvalue weighted by Gasteiger charge is -2.01. The van der Waals surface area contributed by atoms with Gasteiger partial charge in [-0.25, -0.2) is 0 Å². The van der Waals surface area contributed by atoms with Gasteiger partial charge >= 0.3 is 0 Å². The van der Waals surface area contributed by atoms with Gasteiger partial charge in [0.1, 0.15) is 0 Å². The zero-order valence-electron chi connectivity index (χ0n) is 6.81. The fourth-order valence-corrected chi connectivity index (χ4v) is 1.07. The second-order valence-electron chi connectivity index (χ2n) is 2.65. The van der Waals surface area contributed by atoms with Crippen LogP contribution >= 0.6 is 0 Å². The lowest BCUT2D eigenvalue weighted by molar-refractivity contribution is 1.29. The predicted molar refractivity (Wildman–Crippen MR) is 45.0 cm³/mol. The molecule has 0 unspecified atom stereocenters. The van der Waals surface area contributed by atoms with E-state index in [-0.39, 0.29) is 0 Å². The van der Waals surface area contributed by atoms with Crippen LogP contribution in [0.25, 0.3) is 0 Å². The van der Waals surface area contributed by atoms with Crippen LogP contribution in [0, 0.1) is 20.3 Å². The molecular weight excluding hydrogens is 120 g/mol. The fraction of sp³-hybridized carbons (Fsp3) is 0.300. The lowest BCUT2D eigenvalue weighted by Crippen LogP contribution is -1.84. The van der Waals surface area contributed by atoms with E-state index in [0.29, 0.717) is 0 Å². The summed E-state index contributed by atoms with van der Waals surface area (Å²) >= 11 is 0. The molecule has 1 rings (SSSR count). The molecule has 0 heterocycles. The summed E-state index contributed by atoms with van der Waals surface area (Å²) in [5.74, 6) is 0. The predicted octanol–water partition coefficient (Wildman–Crippen LogP) is 2.88. The molecule has 0 heteroatoms. The molecule has 0 fully saturated rings. The molecule has 0 saturated heterocycles. The first-order valence-corrected chi connectivity index (χ1v) is 3.60. The quantitative estimate of drug-likeness (QED) is 0.552. The molecule has 1 aromatic rings. The van der Waals surface area contributed by atoms with Crippen LogP contribution in [0.3, 0.4) is 0 Å². The van der Waals surface area contributed by atoms with Gasteiger partial charge in [-0.3, -0.25) is 0 Å². The minimum Gasteiger partial charge on any atom is -0.0590 e. The lowest BCUT2D eigenvalue weighted by atomic mass is 10.0. The first-order chi connectivity index (χ1) is 4.74. The van der Waals surface area contributed by atoms with Gasteiger partial charge in [0.2, 0.25) is 0 Å². The Bertz CT molecular complexity index is 223. The van der Waals surface area contributed by atoms with E-state index in [0.717, 1.165) is 0 Å². The highest BCUT2D eigenvalue weighted by Gasteiger charge is 1.93. The Morgan fingerprint density at radius 3 is 2.40 bits per heavy atom. The average molecular weight is 133 g/mol. The van der Waals surface area contributed by atoms with Crippen molar-refractivity contribution in [2.75, 3.05) is 0 Å². The Kier molecular flexibility index (Phi) is 2.10. The Balaban J connectivity index is 3.09. The van der Waals surface area contributed by atoms with Crippen molar-refractivity contribution in [2.45, 2.75) is 20.8 Å². The molecule has 0 saturated carbocycles. The van der Waals surface area contributed by atoms with Crippen LogP contribution in [0.4, 0.5) is 0 Å². The van der Waals surface area contributed by atoms with E-state index in [1.165, 1.54) is 16.7 Å². The van der Waals surface area contributed by atoms with Gasteiger partial charge in [-0.1, -0.05) is 30.7 Å². The molecule has 0 nitrogen and oxygen atoms in total. The number of rotatable bonds is 1. The normalized spacial score (nSPS) is 9.90. The molecule has 0 amide bonds. The third kappa shape index (κ3) is 1.38. The highest BCUT2D eigenvalue weighted by Crippen LogP contribution is 2.11. The van der Waals surface area contributed by atoms with E-state index in [9.17, 15) is 0 Å². The van der Waals surface area contributed by atoms with Gasteiger partial charge in [0.05, 0.1) is 0 Å². The zero-order chi connectivity index (χ0) is 7.56. The maximum atomic E-state index is 2.20. The van der Waals surface area contributed by atoms with Crippen molar-refractivity contribution in [3.63, 3.8) is 0 Å². The molecule has 0 aliphatic heterocycles. The Morgan fingerprint density at radius 1 is 1.20 bits per heavy atom. The van der Waals surface area contributed by atoms with Crippen LogP contribution in [0.2, 0.25) is 0 Å². The summed E-state index contributed by atoms with van der Waals surface area (Å²) in [6.07, 6.45) is 2.14. The summed E-state index contributed by atoms with van der Waals surface area (Å²) in [5.41, 5.74) is 4.03. The van der Waals surface area contributed by atoms with Gasteiger partial charge in [0, 0.05) is 0 Å². The maximum absolute atomic E-state index is 2.20. The van der Waals surface area contributed by atoms with Crippen molar-refractivity contribution in [3.05, 3.63) is 41.3 Å². The molecule has 10 heavy (non-hydrogen) atoms. The van der Waals surface area contributed by atoms with Gasteiger partial charge in [-0.05, 0) is 31.4 Å². The zero-order valence-corrected chi connectivity index (χ0v) is 6.81. The van der Waals surface area contributed by atoms with Crippen LogP contribution in [0.1, 0.15) is 23.6 Å². The van der Waals surface area contributed by atoms with Crippen molar-refractivity contribution in [1.29, 1.82) is 0 Å². The van der Waals surface area contributed by atoms with E-state index in [2.05, 4.69) is 45.4 Å². The summed E-state index contributed by atoms with van der Waals surface area (Å²) in [6, 6.07) is 6.50. The SMILES string of the molecule is C[CH]c1cc(C)ccc1C. The van der Waals surface area contributed by atoms with Crippen LogP contribution < -0.4 is 0 Å². The summed E-state index contributed by atoms with van der Waals surface area (Å²) < 4.78 is 0. The van der Waals surface area contributed by atoms with Crippen LogP contribution in [-0.2, 0) is 0 Å². The first kappa shape index (κ1) is 7.33. The summed E-state index contributed by atoms with van der Waals surface area (Å²) in [6.45, 7) is 6.32. The van der Waals surface area contributed by atoms with Gasteiger partial charge in [0.25, 0.3) is 0 Å². The van der Waals surface area contributed by atoms with Crippen LogP contribution in [0.15, 0.2) is 18.2 Å². The monoisotopic (exact) mass is 133 g/mol. The van der Waals surface area contributed by atoms with Crippen LogP contribution in [-0.4, -0.2) is 0 Å². The Labute approximate surface area is 62.9 Å². The summed E-state index contributed by atoms with van der Waals surface area (Å²) in [7, 11) is 0. The minimum atomic E-state index is 1.33. The number of hydrogen-bond acceptors (Lipinski definition) is 0. The van der Waals surface area contributed by atoms with Crippen molar-refractivity contribution < 1.29 is 0 Å². The number of aryl methyl sites for hydroxylation is 2. The first-order valence-electron chi connectivity index (χ1n) is 3.60. The van der Waals surface area contributed by atoms with Gasteiger partial charge in [-0.15, -0.1) is 0 Å². The topological polar surface area (TPSA) is 0 Å². The maximum Gasteiger partial charge on any atom is -0.0121 e. The molecule has 0 N–H and O–H groups in total. The summed E-state index contributed by atoms with van der Waals surface area (Å²) in [4.78, 5) is 0. The highest BCUT2D eigenvalue weighted by atomic mass is 14.0. The van der Waals surface area contributed by atoms with Gasteiger partial charge in [-0.2, -0.15) is 0 Å². The molecule has 1 radical (unpaired) electrons. The van der Waals surface area contributed by atoms with Crippen molar-refractivity contribution >= 4 is 0 Å². The minimum absolute atomic E-state index is 1.33. The molecule has 0 aromatic heterocycles. The molecule has 0 spiro atoms. The number of hydrogen-bond donors (Lipinski definition) is 0. The van der Waals surface area contributed by atoms with Crippen molar-refractivity contribution in [3.8, 4) is 0 Å². The molecule has 0 aliphatic carbocycles. The molecule has 0 atom stereocenters. The van der Waals surface area contributed by atoms with Crippen LogP contribution in [0.5, 0.6) is 0 Å². The third-order valence-corrected chi connectivity index (χ3v) is 1.75. The second kappa shape index (κ2) is 2.87. The Morgan fingerprint density at radius 2 is 1.90 bits per heavy atom. The van der Waals surface area contributed by atoms with E-state index < -0.39 is 0 Å². The van der Waals surface area contributed by atoms with E-state index in [4.69, 9.17) is 0 Å². The molecule has 53 valence electrons. The van der Waals surface area contributed by atoms with E-state index >= 15 is 0 Å². The molecule has 1 aromatic carbocycles. The van der Waals surface area contributed by atoms with E-state index in [1.54, 1.807) is 0 Å². The highest BCUT2D eigenvalue weighted by molar-refractivity contribution is 5.34. The second-order valence-corrected chi connectivity index (χ2v) is 2.65. The molecule has 0 bridgehead atoms. The standard InChI is InChI=1S/C10H13/c1-4-10-7-8(2)5-6-9(10)3/h4-7H,1-3H3. The van der Waals surface area contributed by atoms with E-state index in [1.807, 2.05) is 0 Å². The number of benzene rings is 1. The van der Waals surface area contributed by atoms with Crippen molar-refractivity contribution in [2.24, 2.45) is 0 Å². The fourth-order valence-electron chi connectivity index (χ4n) is 1.07. The molecule has 0 aliphatic rings. The third-order valence-electron chi connectivity index (χ3n) is 1.75. The Hall–Kier alpha value is -0.780.